The summed E-state index contributed by atoms with van der Waals surface area (Å²) < 4.78 is 29.8. The maximum Gasteiger partial charge on any atom is 0.387 e. The average Bonchev–Trinajstić information content (AvgIpc) is 2.08. The van der Waals surface area contributed by atoms with E-state index in [9.17, 15) is 8.78 Å². The van der Waals surface area contributed by atoms with Crippen LogP contribution in [0, 0.1) is 0 Å². The maximum atomic E-state index is 12.0. The van der Waals surface area contributed by atoms with Crippen molar-refractivity contribution in [2.24, 2.45) is 0 Å². The van der Waals surface area contributed by atoms with Crippen LogP contribution < -0.4 is 4.74 Å². The number of rotatable bonds is 3. The molecule has 0 atom stereocenters. The fourth-order valence-electron chi connectivity index (χ4n) is 0.934. The van der Waals surface area contributed by atoms with Gasteiger partial charge in [-0.15, -0.1) is 0 Å². The molecule has 0 aromatic heterocycles. The second kappa shape index (κ2) is 5.42. The highest BCUT2D eigenvalue weighted by molar-refractivity contribution is 9.11. The van der Waals surface area contributed by atoms with E-state index in [4.69, 9.17) is 0 Å². The number of benzene rings is 1. The molecule has 0 fully saturated rings. The van der Waals surface area contributed by atoms with Crippen LogP contribution in [0.15, 0.2) is 21.1 Å². The highest BCUT2D eigenvalue weighted by Crippen LogP contribution is 2.35. The maximum absolute atomic E-state index is 12.0. The van der Waals surface area contributed by atoms with Crippen LogP contribution in [0.2, 0.25) is 0 Å². The van der Waals surface area contributed by atoms with Crippen molar-refractivity contribution in [3.8, 4) is 5.75 Å². The highest BCUT2D eigenvalue weighted by atomic mass is 79.9. The number of ether oxygens (including phenoxy) is 1. The zero-order chi connectivity index (χ0) is 10.7. The molecule has 1 nitrogen and oxygen atoms in total. The van der Waals surface area contributed by atoms with Crippen LogP contribution >= 0.6 is 47.8 Å². The van der Waals surface area contributed by atoms with E-state index in [2.05, 4.69) is 52.5 Å². The Morgan fingerprint density at radius 2 is 1.93 bits per heavy atom. The molecule has 1 aromatic rings. The fourth-order valence-corrected chi connectivity index (χ4v) is 2.76. The number of alkyl halides is 3. The van der Waals surface area contributed by atoms with Crippen LogP contribution in [0.1, 0.15) is 5.56 Å². The van der Waals surface area contributed by atoms with Crippen molar-refractivity contribution in [1.29, 1.82) is 0 Å². The van der Waals surface area contributed by atoms with Crippen LogP contribution in [0.3, 0.4) is 0 Å². The van der Waals surface area contributed by atoms with Crippen molar-refractivity contribution in [2.45, 2.75) is 11.9 Å². The molecule has 1 aromatic carbocycles. The van der Waals surface area contributed by atoms with E-state index in [-0.39, 0.29) is 5.75 Å². The summed E-state index contributed by atoms with van der Waals surface area (Å²) in [6, 6.07) is 3.38. The van der Waals surface area contributed by atoms with E-state index in [0.29, 0.717) is 15.4 Å². The Hall–Kier alpha value is 0.320. The van der Waals surface area contributed by atoms with Crippen molar-refractivity contribution in [1.82, 2.24) is 0 Å². The predicted molar refractivity (Wildman–Crippen MR) is 61.1 cm³/mol. The first-order valence-electron chi connectivity index (χ1n) is 3.53. The van der Waals surface area contributed by atoms with E-state index < -0.39 is 6.61 Å². The molecule has 0 aliphatic carbocycles. The van der Waals surface area contributed by atoms with Crippen molar-refractivity contribution in [3.05, 3.63) is 26.6 Å². The van der Waals surface area contributed by atoms with Gasteiger partial charge in [0.2, 0.25) is 0 Å². The minimum absolute atomic E-state index is 0.167. The summed E-state index contributed by atoms with van der Waals surface area (Å²) in [5.74, 6) is 0.167. The molecule has 0 heterocycles. The molecule has 0 N–H and O–H groups in total. The van der Waals surface area contributed by atoms with Crippen LogP contribution in [-0.2, 0) is 5.33 Å². The van der Waals surface area contributed by atoms with Gasteiger partial charge in [0.15, 0.2) is 0 Å². The number of hydrogen-bond donors (Lipinski definition) is 0. The predicted octanol–water partition coefficient (Wildman–Crippen LogP) is 4.71. The van der Waals surface area contributed by atoms with E-state index in [1.807, 2.05) is 0 Å². The molecule has 6 heteroatoms. The zero-order valence-electron chi connectivity index (χ0n) is 6.74. The Balaban J connectivity index is 3.11. The number of hydrogen-bond acceptors (Lipinski definition) is 1. The van der Waals surface area contributed by atoms with Crippen molar-refractivity contribution >= 4 is 47.8 Å². The molecule has 0 radical (unpaired) electrons. The molecule has 14 heavy (non-hydrogen) atoms. The van der Waals surface area contributed by atoms with Gasteiger partial charge in [-0.25, -0.2) is 0 Å². The second-order valence-electron chi connectivity index (χ2n) is 2.39. The molecule has 0 aliphatic heterocycles. The molecule has 0 aliphatic rings. The second-order valence-corrected chi connectivity index (χ2v) is 4.72. The van der Waals surface area contributed by atoms with Crippen molar-refractivity contribution in [2.75, 3.05) is 0 Å². The Bertz CT molecular complexity index is 331. The van der Waals surface area contributed by atoms with Crippen LogP contribution in [-0.4, -0.2) is 6.61 Å². The summed E-state index contributed by atoms with van der Waals surface area (Å²) in [6.45, 7) is -2.81. The summed E-state index contributed by atoms with van der Waals surface area (Å²) in [5.41, 5.74) is 0.659. The van der Waals surface area contributed by atoms with Gasteiger partial charge in [0.05, 0.1) is 4.47 Å². The summed E-state index contributed by atoms with van der Waals surface area (Å²) >= 11 is 9.62. The average molecular weight is 395 g/mol. The first-order chi connectivity index (χ1) is 6.54. The van der Waals surface area contributed by atoms with Gasteiger partial charge < -0.3 is 4.74 Å². The van der Waals surface area contributed by atoms with Gasteiger partial charge >= 0.3 is 6.61 Å². The highest BCUT2D eigenvalue weighted by Gasteiger charge is 2.13. The van der Waals surface area contributed by atoms with Gasteiger partial charge in [0.25, 0.3) is 0 Å². The summed E-state index contributed by atoms with van der Waals surface area (Å²) in [7, 11) is 0. The summed E-state index contributed by atoms with van der Waals surface area (Å²) in [5, 5.41) is 0.451. The van der Waals surface area contributed by atoms with E-state index >= 15 is 0 Å². The van der Waals surface area contributed by atoms with Gasteiger partial charge in [-0.05, 0) is 28.1 Å². The van der Waals surface area contributed by atoms with Crippen molar-refractivity contribution in [3.63, 3.8) is 0 Å². The van der Waals surface area contributed by atoms with E-state index in [1.165, 1.54) is 0 Å². The fraction of sp³-hybridized carbons (Fsp3) is 0.250. The van der Waals surface area contributed by atoms with Crippen molar-refractivity contribution < 1.29 is 13.5 Å². The molecular formula is C8H5Br3F2O. The Kier molecular flexibility index (Phi) is 4.79. The summed E-state index contributed by atoms with van der Waals surface area (Å²) in [4.78, 5) is 0. The van der Waals surface area contributed by atoms with E-state index in [0.717, 1.165) is 4.47 Å². The quantitative estimate of drug-likeness (QED) is 0.675. The third-order valence-corrected chi connectivity index (χ3v) is 3.09. The van der Waals surface area contributed by atoms with Gasteiger partial charge in [-0.2, -0.15) is 8.78 Å². The Labute approximate surface area is 105 Å². The topological polar surface area (TPSA) is 9.23 Å². The minimum Gasteiger partial charge on any atom is -0.433 e. The van der Waals surface area contributed by atoms with Crippen LogP contribution in [0.4, 0.5) is 8.78 Å². The Morgan fingerprint density at radius 1 is 1.29 bits per heavy atom. The standard InChI is InChI=1S/C8H5Br3F2O/c9-3-4-1-5(10)2-6(11)7(4)14-8(12)13/h1-2,8H,3H2. The molecule has 0 unspecified atom stereocenters. The largest absolute Gasteiger partial charge is 0.433 e. The monoisotopic (exact) mass is 392 g/mol. The van der Waals surface area contributed by atoms with E-state index in [1.54, 1.807) is 12.1 Å². The van der Waals surface area contributed by atoms with Gasteiger partial charge in [-0.3, -0.25) is 0 Å². The lowest BCUT2D eigenvalue weighted by atomic mass is 10.2. The third-order valence-electron chi connectivity index (χ3n) is 1.44. The van der Waals surface area contributed by atoms with Gasteiger partial charge in [0.1, 0.15) is 5.75 Å². The lowest BCUT2D eigenvalue weighted by molar-refractivity contribution is -0.0508. The molecular weight excluding hydrogens is 390 g/mol. The Morgan fingerprint density at radius 3 is 2.43 bits per heavy atom. The van der Waals surface area contributed by atoms with Gasteiger partial charge in [-0.1, -0.05) is 31.9 Å². The molecule has 0 saturated carbocycles. The molecule has 78 valence electrons. The normalized spacial score (nSPS) is 10.7. The molecule has 0 amide bonds. The molecule has 1 rings (SSSR count). The zero-order valence-corrected chi connectivity index (χ0v) is 11.5. The minimum atomic E-state index is -2.81. The smallest absolute Gasteiger partial charge is 0.387 e. The lowest BCUT2D eigenvalue weighted by Gasteiger charge is -2.11. The summed E-state index contributed by atoms with van der Waals surface area (Å²) in [6.07, 6.45) is 0. The molecule has 0 spiro atoms. The van der Waals surface area contributed by atoms with Crippen LogP contribution in [0.25, 0.3) is 0 Å². The molecule has 0 bridgehead atoms. The first-order valence-corrected chi connectivity index (χ1v) is 6.24. The SMILES string of the molecule is FC(F)Oc1c(Br)cc(Br)cc1CBr. The van der Waals surface area contributed by atoms with Crippen LogP contribution in [0.5, 0.6) is 5.75 Å². The lowest BCUT2D eigenvalue weighted by Crippen LogP contribution is -2.04. The van der Waals surface area contributed by atoms with Gasteiger partial charge in [0, 0.05) is 15.4 Å². The third kappa shape index (κ3) is 3.17. The first kappa shape index (κ1) is 12.4. The number of halogens is 5. The molecule has 0 saturated heterocycles.